The van der Waals surface area contributed by atoms with Crippen molar-refractivity contribution >= 4 is 11.6 Å². The number of hydrazine groups is 1. The fraction of sp³-hybridized carbons (Fsp3) is 0.200. The van der Waals surface area contributed by atoms with E-state index in [-0.39, 0.29) is 22.8 Å². The van der Waals surface area contributed by atoms with Crippen LogP contribution in [-0.4, -0.2) is 7.11 Å². The summed E-state index contributed by atoms with van der Waals surface area (Å²) in [5.74, 6) is 4.70. The second kappa shape index (κ2) is 6.85. The lowest BCUT2D eigenvalue weighted by Crippen LogP contribution is -2.30. The molecular formula is C15H15ClF2N2O. The van der Waals surface area contributed by atoms with Gasteiger partial charge in [0.25, 0.3) is 0 Å². The minimum Gasteiger partial charge on any atom is -0.494 e. The summed E-state index contributed by atoms with van der Waals surface area (Å²) in [5.41, 5.74) is 3.43. The molecule has 2 rings (SSSR count). The zero-order chi connectivity index (χ0) is 15.4. The predicted octanol–water partition coefficient (Wildman–Crippen LogP) is 3.37. The molecule has 0 aliphatic carbocycles. The van der Waals surface area contributed by atoms with E-state index in [0.717, 1.165) is 0 Å². The van der Waals surface area contributed by atoms with Gasteiger partial charge in [0.15, 0.2) is 11.6 Å². The molecule has 0 amide bonds. The van der Waals surface area contributed by atoms with E-state index in [4.69, 9.17) is 22.2 Å². The highest BCUT2D eigenvalue weighted by atomic mass is 35.5. The topological polar surface area (TPSA) is 47.3 Å². The Morgan fingerprint density at radius 1 is 1.24 bits per heavy atom. The maximum atomic E-state index is 13.9. The monoisotopic (exact) mass is 312 g/mol. The minimum atomic E-state index is -0.563. The maximum Gasteiger partial charge on any atom is 0.165 e. The SMILES string of the molecule is COc1ccc(CC(NN)c2c(F)cccc2Cl)cc1F. The molecule has 0 bridgehead atoms. The van der Waals surface area contributed by atoms with Crippen LogP contribution in [0.1, 0.15) is 17.2 Å². The number of hydrogen-bond acceptors (Lipinski definition) is 3. The van der Waals surface area contributed by atoms with E-state index in [0.29, 0.717) is 5.56 Å². The van der Waals surface area contributed by atoms with Gasteiger partial charge in [-0.25, -0.2) is 8.78 Å². The third-order valence-corrected chi connectivity index (χ3v) is 3.53. The Hall–Kier alpha value is -1.69. The molecule has 0 aliphatic rings. The smallest absolute Gasteiger partial charge is 0.165 e. The molecule has 0 heterocycles. The molecule has 3 nitrogen and oxygen atoms in total. The molecule has 0 fully saturated rings. The van der Waals surface area contributed by atoms with Gasteiger partial charge >= 0.3 is 0 Å². The Morgan fingerprint density at radius 3 is 2.57 bits per heavy atom. The van der Waals surface area contributed by atoms with Crippen molar-refractivity contribution in [2.75, 3.05) is 7.11 Å². The largest absolute Gasteiger partial charge is 0.494 e. The molecule has 1 atom stereocenters. The first kappa shape index (κ1) is 15.7. The molecule has 0 saturated heterocycles. The molecule has 6 heteroatoms. The van der Waals surface area contributed by atoms with Gasteiger partial charge in [-0.05, 0) is 36.2 Å². The van der Waals surface area contributed by atoms with Crippen LogP contribution in [0.2, 0.25) is 5.02 Å². The van der Waals surface area contributed by atoms with Crippen molar-refractivity contribution in [3.63, 3.8) is 0 Å². The van der Waals surface area contributed by atoms with E-state index < -0.39 is 17.7 Å². The molecule has 2 aromatic carbocycles. The first-order valence-corrected chi connectivity index (χ1v) is 6.67. The number of ether oxygens (including phenoxy) is 1. The summed E-state index contributed by atoms with van der Waals surface area (Å²) in [7, 11) is 1.39. The zero-order valence-electron chi connectivity index (χ0n) is 11.4. The summed E-state index contributed by atoms with van der Waals surface area (Å²) >= 11 is 6.02. The standard InChI is InChI=1S/C15H15ClF2N2O/c1-21-14-6-5-9(7-12(14)18)8-13(20-19)15-10(16)3-2-4-11(15)17/h2-7,13,20H,8,19H2,1H3. The highest BCUT2D eigenvalue weighted by Crippen LogP contribution is 2.29. The van der Waals surface area contributed by atoms with Gasteiger partial charge in [-0.3, -0.25) is 11.3 Å². The molecule has 2 aromatic rings. The van der Waals surface area contributed by atoms with Crippen LogP contribution < -0.4 is 16.0 Å². The number of benzene rings is 2. The minimum absolute atomic E-state index is 0.153. The highest BCUT2D eigenvalue weighted by Gasteiger charge is 2.19. The second-order valence-electron chi connectivity index (χ2n) is 4.53. The fourth-order valence-corrected chi connectivity index (χ4v) is 2.46. The van der Waals surface area contributed by atoms with Crippen molar-refractivity contribution in [1.29, 1.82) is 0 Å². The number of methoxy groups -OCH3 is 1. The van der Waals surface area contributed by atoms with Crippen LogP contribution in [-0.2, 0) is 6.42 Å². The average Bonchev–Trinajstić information content (AvgIpc) is 2.46. The first-order valence-electron chi connectivity index (χ1n) is 6.29. The van der Waals surface area contributed by atoms with Gasteiger partial charge in [0.05, 0.1) is 13.2 Å². The zero-order valence-corrected chi connectivity index (χ0v) is 12.1. The molecule has 21 heavy (non-hydrogen) atoms. The van der Waals surface area contributed by atoms with Crippen molar-refractivity contribution in [3.05, 3.63) is 64.2 Å². The summed E-state index contributed by atoms with van der Waals surface area (Å²) in [4.78, 5) is 0. The average molecular weight is 313 g/mol. The molecule has 0 aliphatic heterocycles. The molecule has 112 valence electrons. The Labute approximate surface area is 126 Å². The highest BCUT2D eigenvalue weighted by molar-refractivity contribution is 6.31. The lowest BCUT2D eigenvalue weighted by Gasteiger charge is -2.18. The number of halogens is 3. The summed E-state index contributed by atoms with van der Waals surface area (Å²) in [6, 6.07) is 8.38. The molecular weight excluding hydrogens is 298 g/mol. The van der Waals surface area contributed by atoms with Crippen molar-refractivity contribution in [3.8, 4) is 5.75 Å². The third kappa shape index (κ3) is 3.50. The second-order valence-corrected chi connectivity index (χ2v) is 4.93. The van der Waals surface area contributed by atoms with Crippen LogP contribution >= 0.6 is 11.6 Å². The van der Waals surface area contributed by atoms with Gasteiger partial charge < -0.3 is 4.74 Å². The number of hydrogen-bond donors (Lipinski definition) is 2. The molecule has 3 N–H and O–H groups in total. The molecule has 0 saturated carbocycles. The van der Waals surface area contributed by atoms with Crippen LogP contribution in [0.25, 0.3) is 0 Å². The van der Waals surface area contributed by atoms with Crippen molar-refractivity contribution in [2.24, 2.45) is 5.84 Å². The van der Waals surface area contributed by atoms with Crippen LogP contribution in [0.5, 0.6) is 5.75 Å². The van der Waals surface area contributed by atoms with Crippen molar-refractivity contribution < 1.29 is 13.5 Å². The first-order chi connectivity index (χ1) is 10.1. The van der Waals surface area contributed by atoms with E-state index in [1.54, 1.807) is 12.1 Å². The van der Waals surface area contributed by atoms with E-state index >= 15 is 0 Å². The summed E-state index contributed by atoms with van der Waals surface area (Å²) < 4.78 is 32.5. The van der Waals surface area contributed by atoms with Crippen molar-refractivity contribution in [1.82, 2.24) is 5.43 Å². The lowest BCUT2D eigenvalue weighted by atomic mass is 9.98. The van der Waals surface area contributed by atoms with Crippen LogP contribution in [0.15, 0.2) is 36.4 Å². The van der Waals surface area contributed by atoms with E-state index in [9.17, 15) is 8.78 Å². The summed E-state index contributed by atoms with van der Waals surface area (Å²) in [6.45, 7) is 0. The van der Waals surface area contributed by atoms with Gasteiger partial charge in [0, 0.05) is 10.6 Å². The fourth-order valence-electron chi connectivity index (χ4n) is 2.16. The predicted molar refractivity (Wildman–Crippen MR) is 78.1 cm³/mol. The summed E-state index contributed by atoms with van der Waals surface area (Å²) in [6.07, 6.45) is 0.290. The normalized spacial score (nSPS) is 12.2. The molecule has 0 aromatic heterocycles. The lowest BCUT2D eigenvalue weighted by molar-refractivity contribution is 0.386. The molecule has 1 unspecified atom stereocenters. The molecule has 0 radical (unpaired) electrons. The van der Waals surface area contributed by atoms with Crippen molar-refractivity contribution in [2.45, 2.75) is 12.5 Å². The van der Waals surface area contributed by atoms with E-state index in [1.807, 2.05) is 0 Å². The van der Waals surface area contributed by atoms with Gasteiger partial charge in [-0.15, -0.1) is 0 Å². The van der Waals surface area contributed by atoms with E-state index in [2.05, 4.69) is 5.43 Å². The van der Waals surface area contributed by atoms with E-state index in [1.165, 1.54) is 31.4 Å². The number of nitrogens with one attached hydrogen (secondary N) is 1. The van der Waals surface area contributed by atoms with Gasteiger partial charge in [0.2, 0.25) is 0 Å². The Kier molecular flexibility index (Phi) is 5.12. The van der Waals surface area contributed by atoms with Gasteiger partial charge in [-0.1, -0.05) is 23.7 Å². The summed E-state index contributed by atoms with van der Waals surface area (Å²) in [5, 5.41) is 0.270. The van der Waals surface area contributed by atoms with Gasteiger partial charge in [-0.2, -0.15) is 0 Å². The Morgan fingerprint density at radius 2 is 2.00 bits per heavy atom. The molecule has 0 spiro atoms. The Balaban J connectivity index is 2.29. The Bertz CT molecular complexity index is 617. The van der Waals surface area contributed by atoms with Gasteiger partial charge in [0.1, 0.15) is 5.82 Å². The third-order valence-electron chi connectivity index (χ3n) is 3.21. The van der Waals surface area contributed by atoms with Crippen LogP contribution in [0.4, 0.5) is 8.78 Å². The van der Waals surface area contributed by atoms with Crippen LogP contribution in [0.3, 0.4) is 0 Å². The quantitative estimate of drug-likeness (QED) is 0.657. The van der Waals surface area contributed by atoms with Crippen LogP contribution in [0, 0.1) is 11.6 Å². The number of nitrogens with two attached hydrogens (primary N) is 1. The number of rotatable bonds is 5. The maximum absolute atomic E-state index is 13.9.